The van der Waals surface area contributed by atoms with Gasteiger partial charge in [-0.15, -0.1) is 0 Å². The van der Waals surface area contributed by atoms with Crippen LogP contribution >= 0.6 is 0 Å². The molecule has 0 saturated carbocycles. The number of ether oxygens (including phenoxy) is 1. The number of rotatable bonds is 4. The van der Waals surface area contributed by atoms with Crippen LogP contribution in [0.4, 0.5) is 5.69 Å². The number of benzene rings is 3. The lowest BCUT2D eigenvalue weighted by Crippen LogP contribution is -2.14. The van der Waals surface area contributed by atoms with Crippen molar-refractivity contribution in [2.45, 2.75) is 6.92 Å². The third kappa shape index (κ3) is 3.30. The Morgan fingerprint density at radius 2 is 1.62 bits per heavy atom. The van der Waals surface area contributed by atoms with Crippen molar-refractivity contribution in [3.05, 3.63) is 83.9 Å². The molecule has 0 aromatic heterocycles. The molecule has 3 aromatic carbocycles. The molecule has 0 unspecified atom stereocenters. The maximum Gasteiger partial charge on any atom is 0.255 e. The SMILES string of the molecule is COc1ccc(NC(=O)c2ccccc2C)c(-c2ccccc2)c1. The van der Waals surface area contributed by atoms with E-state index in [0.29, 0.717) is 5.56 Å². The van der Waals surface area contributed by atoms with E-state index in [0.717, 1.165) is 28.1 Å². The molecule has 0 fully saturated rings. The summed E-state index contributed by atoms with van der Waals surface area (Å²) in [5.74, 6) is 0.637. The predicted molar refractivity (Wildman–Crippen MR) is 97.6 cm³/mol. The number of nitrogens with one attached hydrogen (secondary N) is 1. The van der Waals surface area contributed by atoms with Gasteiger partial charge in [-0.1, -0.05) is 48.5 Å². The first-order chi connectivity index (χ1) is 11.7. The Bertz CT molecular complexity index is 857. The lowest BCUT2D eigenvalue weighted by Gasteiger charge is -2.14. The minimum absolute atomic E-state index is 0.115. The van der Waals surface area contributed by atoms with Gasteiger partial charge < -0.3 is 10.1 Å². The number of amides is 1. The summed E-state index contributed by atoms with van der Waals surface area (Å²) in [6, 6.07) is 23.1. The van der Waals surface area contributed by atoms with Gasteiger partial charge in [0.2, 0.25) is 0 Å². The second kappa shape index (κ2) is 7.01. The Balaban J connectivity index is 1.99. The predicted octanol–water partition coefficient (Wildman–Crippen LogP) is 4.92. The zero-order valence-corrected chi connectivity index (χ0v) is 13.7. The van der Waals surface area contributed by atoms with Crippen molar-refractivity contribution in [1.82, 2.24) is 0 Å². The molecule has 3 rings (SSSR count). The van der Waals surface area contributed by atoms with Gasteiger partial charge in [-0.25, -0.2) is 0 Å². The molecular weight excluding hydrogens is 298 g/mol. The Morgan fingerprint density at radius 3 is 2.33 bits per heavy atom. The quantitative estimate of drug-likeness (QED) is 0.741. The smallest absolute Gasteiger partial charge is 0.255 e. The van der Waals surface area contributed by atoms with E-state index in [-0.39, 0.29) is 5.91 Å². The zero-order valence-electron chi connectivity index (χ0n) is 13.7. The van der Waals surface area contributed by atoms with Crippen molar-refractivity contribution in [1.29, 1.82) is 0 Å². The maximum absolute atomic E-state index is 12.6. The van der Waals surface area contributed by atoms with Crippen LogP contribution in [0.15, 0.2) is 72.8 Å². The molecule has 0 spiro atoms. The van der Waals surface area contributed by atoms with Crippen LogP contribution in [-0.2, 0) is 0 Å². The molecule has 0 aliphatic heterocycles. The summed E-state index contributed by atoms with van der Waals surface area (Å²) in [7, 11) is 1.63. The van der Waals surface area contributed by atoms with E-state index in [2.05, 4.69) is 5.32 Å². The van der Waals surface area contributed by atoms with Crippen LogP contribution in [0.2, 0.25) is 0 Å². The third-order valence-electron chi connectivity index (χ3n) is 3.95. The minimum Gasteiger partial charge on any atom is -0.497 e. The monoisotopic (exact) mass is 317 g/mol. The number of hydrogen-bond acceptors (Lipinski definition) is 2. The summed E-state index contributed by atoms with van der Waals surface area (Å²) in [5.41, 5.74) is 4.33. The zero-order chi connectivity index (χ0) is 16.9. The van der Waals surface area contributed by atoms with Gasteiger partial charge >= 0.3 is 0 Å². The molecule has 0 aliphatic carbocycles. The van der Waals surface area contributed by atoms with Crippen LogP contribution in [0, 0.1) is 6.92 Å². The molecule has 0 heterocycles. The van der Waals surface area contributed by atoms with Crippen molar-refractivity contribution in [3.8, 4) is 16.9 Å². The van der Waals surface area contributed by atoms with Crippen LogP contribution in [0.3, 0.4) is 0 Å². The molecule has 3 aromatic rings. The Morgan fingerprint density at radius 1 is 0.917 bits per heavy atom. The summed E-state index contributed by atoms with van der Waals surface area (Å²) >= 11 is 0. The molecule has 0 radical (unpaired) electrons. The number of carbonyl (C=O) groups excluding carboxylic acids is 1. The van der Waals surface area contributed by atoms with Gasteiger partial charge in [0, 0.05) is 16.8 Å². The summed E-state index contributed by atoms with van der Waals surface area (Å²) in [4.78, 5) is 12.6. The molecule has 0 aliphatic rings. The van der Waals surface area contributed by atoms with Crippen LogP contribution in [0.25, 0.3) is 11.1 Å². The topological polar surface area (TPSA) is 38.3 Å². The van der Waals surface area contributed by atoms with Gasteiger partial charge in [0.25, 0.3) is 5.91 Å². The second-order valence-corrected chi connectivity index (χ2v) is 5.55. The van der Waals surface area contributed by atoms with Crippen molar-refractivity contribution >= 4 is 11.6 Å². The Hall–Kier alpha value is -3.07. The highest BCUT2D eigenvalue weighted by Gasteiger charge is 2.13. The van der Waals surface area contributed by atoms with Gasteiger partial charge in [0.15, 0.2) is 0 Å². The van der Waals surface area contributed by atoms with Crippen LogP contribution in [0.1, 0.15) is 15.9 Å². The molecule has 24 heavy (non-hydrogen) atoms. The number of methoxy groups -OCH3 is 1. The lowest BCUT2D eigenvalue weighted by molar-refractivity contribution is 0.102. The van der Waals surface area contributed by atoms with Crippen LogP contribution in [0.5, 0.6) is 5.75 Å². The van der Waals surface area contributed by atoms with Crippen LogP contribution in [-0.4, -0.2) is 13.0 Å². The fourth-order valence-corrected chi connectivity index (χ4v) is 2.63. The average Bonchev–Trinajstić information content (AvgIpc) is 2.63. The molecule has 0 atom stereocenters. The maximum atomic E-state index is 12.6. The normalized spacial score (nSPS) is 10.2. The van der Waals surface area contributed by atoms with Crippen LogP contribution < -0.4 is 10.1 Å². The highest BCUT2D eigenvalue weighted by molar-refractivity contribution is 6.07. The van der Waals surface area contributed by atoms with Crippen molar-refractivity contribution in [2.75, 3.05) is 12.4 Å². The molecule has 0 saturated heterocycles. The fraction of sp³-hybridized carbons (Fsp3) is 0.0952. The van der Waals surface area contributed by atoms with Gasteiger partial charge in [-0.05, 0) is 42.3 Å². The standard InChI is InChI=1S/C21H19NO2/c1-15-8-6-7-11-18(15)21(23)22-20-13-12-17(24-2)14-19(20)16-9-4-3-5-10-16/h3-14H,1-2H3,(H,22,23). The third-order valence-corrected chi connectivity index (χ3v) is 3.95. The minimum atomic E-state index is -0.115. The molecule has 120 valence electrons. The molecular formula is C21H19NO2. The van der Waals surface area contributed by atoms with E-state index in [1.165, 1.54) is 0 Å². The average molecular weight is 317 g/mol. The first kappa shape index (κ1) is 15.8. The Kier molecular flexibility index (Phi) is 4.62. The van der Waals surface area contributed by atoms with Crippen molar-refractivity contribution in [2.24, 2.45) is 0 Å². The molecule has 3 heteroatoms. The fourth-order valence-electron chi connectivity index (χ4n) is 2.63. The van der Waals surface area contributed by atoms with Gasteiger partial charge in [0.05, 0.1) is 7.11 Å². The number of hydrogen-bond donors (Lipinski definition) is 1. The van der Waals surface area contributed by atoms with Crippen molar-refractivity contribution in [3.63, 3.8) is 0 Å². The van der Waals surface area contributed by atoms with E-state index in [1.54, 1.807) is 7.11 Å². The van der Waals surface area contributed by atoms with Gasteiger partial charge in [-0.3, -0.25) is 4.79 Å². The van der Waals surface area contributed by atoms with E-state index in [4.69, 9.17) is 4.74 Å². The summed E-state index contributed by atoms with van der Waals surface area (Å²) in [6.45, 7) is 1.93. The highest BCUT2D eigenvalue weighted by Crippen LogP contribution is 2.32. The lowest BCUT2D eigenvalue weighted by atomic mass is 10.0. The summed E-state index contributed by atoms with van der Waals surface area (Å²) in [5, 5.41) is 3.02. The second-order valence-electron chi connectivity index (χ2n) is 5.55. The summed E-state index contributed by atoms with van der Waals surface area (Å²) < 4.78 is 5.33. The van der Waals surface area contributed by atoms with E-state index >= 15 is 0 Å². The molecule has 1 amide bonds. The Labute approximate surface area is 141 Å². The molecule has 1 N–H and O–H groups in total. The summed E-state index contributed by atoms with van der Waals surface area (Å²) in [6.07, 6.45) is 0. The highest BCUT2D eigenvalue weighted by atomic mass is 16.5. The molecule has 0 bridgehead atoms. The largest absolute Gasteiger partial charge is 0.497 e. The first-order valence-electron chi connectivity index (χ1n) is 7.79. The molecule has 3 nitrogen and oxygen atoms in total. The van der Waals surface area contributed by atoms with Gasteiger partial charge in [-0.2, -0.15) is 0 Å². The number of anilines is 1. The van der Waals surface area contributed by atoms with Gasteiger partial charge in [0.1, 0.15) is 5.75 Å². The number of aryl methyl sites for hydroxylation is 1. The van der Waals surface area contributed by atoms with Crippen molar-refractivity contribution < 1.29 is 9.53 Å². The van der Waals surface area contributed by atoms with E-state index in [1.807, 2.05) is 79.7 Å². The first-order valence-corrected chi connectivity index (χ1v) is 7.79. The van der Waals surface area contributed by atoms with E-state index in [9.17, 15) is 4.79 Å². The van der Waals surface area contributed by atoms with E-state index < -0.39 is 0 Å². The number of carbonyl (C=O) groups is 1.